The second kappa shape index (κ2) is 11.3. The number of nitrogens with one attached hydrogen (secondary N) is 1. The molecule has 0 spiro atoms. The molecule has 1 saturated carbocycles. The third-order valence-electron chi connectivity index (χ3n) is 7.88. The molecule has 0 unspecified atom stereocenters. The normalized spacial score (nSPS) is 16.9. The van der Waals surface area contributed by atoms with Crippen molar-refractivity contribution in [3.8, 4) is 0 Å². The van der Waals surface area contributed by atoms with Gasteiger partial charge in [-0.1, -0.05) is 31.4 Å². The summed E-state index contributed by atoms with van der Waals surface area (Å²) in [5.41, 5.74) is 3.35. The van der Waals surface area contributed by atoms with Gasteiger partial charge in [0.15, 0.2) is 0 Å². The van der Waals surface area contributed by atoms with Gasteiger partial charge < -0.3 is 19.7 Å². The Morgan fingerprint density at radius 2 is 1.64 bits per heavy atom. The van der Waals surface area contributed by atoms with E-state index >= 15 is 0 Å². The zero-order valence-corrected chi connectivity index (χ0v) is 22.2. The predicted molar refractivity (Wildman–Crippen MR) is 144 cm³/mol. The first kappa shape index (κ1) is 26.0. The molecule has 194 valence electrons. The minimum Gasteiger partial charge on any atom is -0.368 e. The maximum Gasteiger partial charge on any atom is 0.259 e. The van der Waals surface area contributed by atoms with E-state index in [-0.39, 0.29) is 29.0 Å². The molecule has 2 fully saturated rings. The second-order valence-electron chi connectivity index (χ2n) is 10.7. The van der Waals surface area contributed by atoms with Gasteiger partial charge in [-0.05, 0) is 63.6 Å². The van der Waals surface area contributed by atoms with Crippen molar-refractivity contribution >= 4 is 17.5 Å². The Morgan fingerprint density at radius 3 is 2.31 bits per heavy atom. The number of hydrogen-bond acceptors (Lipinski definition) is 4. The average molecular weight is 493 g/mol. The molecule has 7 nitrogen and oxygen atoms in total. The van der Waals surface area contributed by atoms with Crippen LogP contribution in [0.4, 0.5) is 5.69 Å². The van der Waals surface area contributed by atoms with Gasteiger partial charge in [-0.2, -0.15) is 0 Å². The van der Waals surface area contributed by atoms with E-state index in [1.807, 2.05) is 13.8 Å². The standard InChI is InChI=1S/C29H40N4O3/c1-20(2)33-18-24(28(35)30-17-23-10-6-5-7-11-23)27(34)25(19-33)29(36)32-15-13-31(14-16-32)26-12-8-9-21(3)22(26)4/h8-9,12,18-20,23H,5-7,10-11,13-17H2,1-4H3,(H,30,35). The van der Waals surface area contributed by atoms with E-state index in [2.05, 4.69) is 42.3 Å². The van der Waals surface area contributed by atoms with Crippen LogP contribution in [0.1, 0.15) is 83.8 Å². The van der Waals surface area contributed by atoms with E-state index in [4.69, 9.17) is 0 Å². The van der Waals surface area contributed by atoms with Crippen LogP contribution in [0.3, 0.4) is 0 Å². The van der Waals surface area contributed by atoms with Crippen molar-refractivity contribution < 1.29 is 9.59 Å². The van der Waals surface area contributed by atoms with E-state index in [1.54, 1.807) is 21.9 Å². The SMILES string of the molecule is Cc1cccc(N2CCN(C(=O)c3cn(C(C)C)cc(C(=O)NCC4CCCCC4)c3=O)CC2)c1C. The van der Waals surface area contributed by atoms with Gasteiger partial charge in [-0.3, -0.25) is 14.4 Å². The lowest BCUT2D eigenvalue weighted by Gasteiger charge is -2.37. The topological polar surface area (TPSA) is 74.7 Å². The van der Waals surface area contributed by atoms with Crippen LogP contribution in [0.25, 0.3) is 0 Å². The van der Waals surface area contributed by atoms with Crippen molar-refractivity contribution in [2.75, 3.05) is 37.6 Å². The van der Waals surface area contributed by atoms with Gasteiger partial charge in [0.05, 0.1) is 0 Å². The molecule has 2 amide bonds. The quantitative estimate of drug-likeness (QED) is 0.652. The fraction of sp³-hybridized carbons (Fsp3) is 0.552. The van der Waals surface area contributed by atoms with E-state index in [1.165, 1.54) is 36.1 Å². The van der Waals surface area contributed by atoms with Gasteiger partial charge in [0.2, 0.25) is 5.43 Å². The molecule has 1 aliphatic carbocycles. The number of rotatable bonds is 6. The molecule has 2 heterocycles. The Hall–Kier alpha value is -3.09. The van der Waals surface area contributed by atoms with Crippen LogP contribution in [0.15, 0.2) is 35.4 Å². The van der Waals surface area contributed by atoms with Crippen LogP contribution in [0.5, 0.6) is 0 Å². The number of aryl methyl sites for hydroxylation is 1. The second-order valence-corrected chi connectivity index (χ2v) is 10.7. The molecule has 7 heteroatoms. The summed E-state index contributed by atoms with van der Waals surface area (Å²) in [6, 6.07) is 6.31. The van der Waals surface area contributed by atoms with Gasteiger partial charge in [0, 0.05) is 56.8 Å². The van der Waals surface area contributed by atoms with Crippen molar-refractivity contribution in [1.29, 1.82) is 0 Å². The van der Waals surface area contributed by atoms with Gasteiger partial charge in [-0.25, -0.2) is 0 Å². The molecule has 1 saturated heterocycles. The lowest BCUT2D eigenvalue weighted by molar-refractivity contribution is 0.0744. The number of carbonyl (C=O) groups is 2. The zero-order chi connectivity index (χ0) is 25.8. The van der Waals surface area contributed by atoms with Gasteiger partial charge >= 0.3 is 0 Å². The third kappa shape index (κ3) is 5.66. The highest BCUT2D eigenvalue weighted by Crippen LogP contribution is 2.25. The molecular weight excluding hydrogens is 452 g/mol. The Balaban J connectivity index is 1.50. The Morgan fingerprint density at radius 1 is 0.972 bits per heavy atom. The summed E-state index contributed by atoms with van der Waals surface area (Å²) in [6.45, 7) is 11.2. The largest absolute Gasteiger partial charge is 0.368 e. The lowest BCUT2D eigenvalue weighted by Crippen LogP contribution is -2.50. The van der Waals surface area contributed by atoms with E-state index in [0.29, 0.717) is 38.6 Å². The van der Waals surface area contributed by atoms with Gasteiger partial charge in [0.1, 0.15) is 11.1 Å². The first-order valence-corrected chi connectivity index (χ1v) is 13.4. The summed E-state index contributed by atoms with van der Waals surface area (Å²) in [7, 11) is 0. The number of benzene rings is 1. The van der Waals surface area contributed by atoms with Crippen molar-refractivity contribution in [1.82, 2.24) is 14.8 Å². The van der Waals surface area contributed by atoms with Crippen molar-refractivity contribution in [2.45, 2.75) is 65.8 Å². The molecule has 2 aromatic rings. The molecule has 1 aromatic carbocycles. The fourth-order valence-corrected chi connectivity index (χ4v) is 5.33. The molecular formula is C29H40N4O3. The number of aromatic nitrogens is 1. The number of amides is 2. The predicted octanol–water partition coefficient (Wildman–Crippen LogP) is 4.32. The fourth-order valence-electron chi connectivity index (χ4n) is 5.33. The third-order valence-corrected chi connectivity index (χ3v) is 7.88. The highest BCUT2D eigenvalue weighted by Gasteiger charge is 2.27. The summed E-state index contributed by atoms with van der Waals surface area (Å²) in [6.07, 6.45) is 9.09. The monoisotopic (exact) mass is 492 g/mol. The molecule has 4 rings (SSSR count). The van der Waals surface area contributed by atoms with Crippen molar-refractivity contribution in [2.24, 2.45) is 5.92 Å². The van der Waals surface area contributed by atoms with E-state index in [9.17, 15) is 14.4 Å². The van der Waals surface area contributed by atoms with Crippen LogP contribution in [-0.2, 0) is 0 Å². The summed E-state index contributed by atoms with van der Waals surface area (Å²) in [5, 5.41) is 2.97. The van der Waals surface area contributed by atoms with Crippen LogP contribution in [-0.4, -0.2) is 54.0 Å². The number of carbonyl (C=O) groups excluding carboxylic acids is 2. The van der Waals surface area contributed by atoms with Gasteiger partial charge in [0.25, 0.3) is 11.8 Å². The molecule has 1 aromatic heterocycles. The summed E-state index contributed by atoms with van der Waals surface area (Å²) >= 11 is 0. The van der Waals surface area contributed by atoms with Gasteiger partial charge in [-0.15, -0.1) is 0 Å². The molecule has 0 radical (unpaired) electrons. The van der Waals surface area contributed by atoms with Crippen LogP contribution >= 0.6 is 0 Å². The minimum atomic E-state index is -0.477. The number of piperazine rings is 1. The van der Waals surface area contributed by atoms with Crippen molar-refractivity contribution in [3.05, 3.63) is 63.1 Å². The van der Waals surface area contributed by atoms with E-state index < -0.39 is 5.43 Å². The van der Waals surface area contributed by atoms with Crippen LogP contribution in [0, 0.1) is 19.8 Å². The Bertz CT molecular complexity index is 1160. The molecule has 1 N–H and O–H groups in total. The molecule has 0 atom stereocenters. The smallest absolute Gasteiger partial charge is 0.259 e. The number of hydrogen-bond donors (Lipinski definition) is 1. The zero-order valence-electron chi connectivity index (χ0n) is 22.2. The summed E-state index contributed by atoms with van der Waals surface area (Å²) in [4.78, 5) is 43.9. The number of anilines is 1. The number of pyridine rings is 1. The first-order chi connectivity index (χ1) is 17.3. The van der Waals surface area contributed by atoms with Crippen LogP contribution in [0.2, 0.25) is 0 Å². The first-order valence-electron chi connectivity index (χ1n) is 13.4. The maximum absolute atomic E-state index is 13.5. The van der Waals surface area contributed by atoms with Crippen LogP contribution < -0.4 is 15.6 Å². The minimum absolute atomic E-state index is 0.0168. The Kier molecular flexibility index (Phi) is 8.17. The maximum atomic E-state index is 13.5. The summed E-state index contributed by atoms with van der Waals surface area (Å²) in [5.74, 6) is -0.209. The average Bonchev–Trinajstić information content (AvgIpc) is 2.89. The van der Waals surface area contributed by atoms with E-state index in [0.717, 1.165) is 12.8 Å². The van der Waals surface area contributed by atoms with Crippen molar-refractivity contribution in [3.63, 3.8) is 0 Å². The molecule has 1 aliphatic heterocycles. The molecule has 0 bridgehead atoms. The molecule has 36 heavy (non-hydrogen) atoms. The summed E-state index contributed by atoms with van der Waals surface area (Å²) < 4.78 is 1.80. The molecule has 2 aliphatic rings. The lowest BCUT2D eigenvalue weighted by atomic mass is 9.89. The highest BCUT2D eigenvalue weighted by atomic mass is 16.2. The highest BCUT2D eigenvalue weighted by molar-refractivity contribution is 5.99. The Labute approximate surface area is 214 Å². The number of nitrogens with zero attached hydrogens (tertiary/aromatic N) is 3.